The summed E-state index contributed by atoms with van der Waals surface area (Å²) in [5.74, 6) is 0. The lowest BCUT2D eigenvalue weighted by atomic mass is 10.3. The first-order chi connectivity index (χ1) is 21.4. The van der Waals surface area contributed by atoms with E-state index < -0.39 is 0 Å². The first-order valence-corrected chi connectivity index (χ1v) is 17.1. The van der Waals surface area contributed by atoms with Crippen molar-refractivity contribution < 1.29 is 52.5 Å². The lowest BCUT2D eigenvalue weighted by molar-refractivity contribution is -0.112. The molecule has 0 amide bonds. The first kappa shape index (κ1) is 44.6. The summed E-state index contributed by atoms with van der Waals surface area (Å²) >= 11 is 0. The van der Waals surface area contributed by atoms with Crippen molar-refractivity contribution in [3.8, 4) is 0 Å². The molecule has 45 heavy (non-hydrogen) atoms. The van der Waals surface area contributed by atoms with Crippen LogP contribution in [0.25, 0.3) is 0 Å². The van der Waals surface area contributed by atoms with Gasteiger partial charge in [0.05, 0.1) is 127 Å². The van der Waals surface area contributed by atoms with E-state index in [1.54, 1.807) is 0 Å². The van der Waals surface area contributed by atoms with Crippen LogP contribution >= 0.6 is 0 Å². The summed E-state index contributed by atoms with van der Waals surface area (Å²) in [5.41, 5.74) is 0. The Morgan fingerprint density at radius 3 is 0.733 bits per heavy atom. The van der Waals surface area contributed by atoms with Crippen molar-refractivity contribution in [3.63, 3.8) is 0 Å². The van der Waals surface area contributed by atoms with Gasteiger partial charge in [-0.15, -0.1) is 0 Å². The highest BCUT2D eigenvalue weighted by Gasteiger charge is 2.15. The molecule has 0 aliphatic heterocycles. The van der Waals surface area contributed by atoms with Gasteiger partial charge in [0.25, 0.3) is 0 Å². The molecule has 0 aromatic rings. The molecule has 0 aromatic carbocycles. The molecule has 0 bridgehead atoms. The minimum Gasteiger partial charge on any atom is -0.394 e. The zero-order valence-electron chi connectivity index (χ0n) is 30.5. The van der Waals surface area contributed by atoms with E-state index in [0.717, 1.165) is 19.4 Å². The van der Waals surface area contributed by atoms with Crippen molar-refractivity contribution in [2.24, 2.45) is 0 Å². The summed E-state index contributed by atoms with van der Waals surface area (Å²) in [6, 6.07) is 0. The highest BCUT2D eigenvalue weighted by molar-refractivity contribution is 4.60. The van der Waals surface area contributed by atoms with Crippen LogP contribution in [-0.2, 0) is 47.4 Å². The van der Waals surface area contributed by atoms with Gasteiger partial charge in [0.15, 0.2) is 0 Å². The summed E-state index contributed by atoms with van der Waals surface area (Å²) in [7, 11) is 0. The van der Waals surface area contributed by atoms with Gasteiger partial charge >= 0.3 is 0 Å². The molecule has 0 radical (unpaired) electrons. The monoisotopic (exact) mass is 654 g/mol. The van der Waals surface area contributed by atoms with E-state index in [0.29, 0.717) is 59.5 Å². The zero-order valence-corrected chi connectivity index (χ0v) is 30.5. The Morgan fingerprint density at radius 2 is 0.533 bits per heavy atom. The minimum absolute atomic E-state index is 0.00101. The van der Waals surface area contributed by atoms with Crippen molar-refractivity contribution in [1.29, 1.82) is 0 Å². The predicted octanol–water partition coefficient (Wildman–Crippen LogP) is 4.83. The molecule has 0 saturated heterocycles. The largest absolute Gasteiger partial charge is 0.394 e. The highest BCUT2D eigenvalue weighted by atomic mass is 16.6. The summed E-state index contributed by atoms with van der Waals surface area (Å²) in [5, 5.41) is 9.03. The first-order valence-electron chi connectivity index (χ1n) is 17.1. The summed E-state index contributed by atoms with van der Waals surface area (Å²) in [6.07, 6.45) is 1.64. The third kappa shape index (κ3) is 28.3. The molecular weight excluding hydrogens is 584 g/mol. The third-order valence-electron chi connectivity index (χ3n) is 6.70. The lowest BCUT2D eigenvalue weighted by Crippen LogP contribution is -2.30. The number of hydrogen-bond acceptors (Lipinski definition) is 11. The second-order valence-electron chi connectivity index (χ2n) is 12.5. The van der Waals surface area contributed by atoms with Crippen LogP contribution in [-0.4, -0.2) is 139 Å². The van der Waals surface area contributed by atoms with Gasteiger partial charge in [-0.3, -0.25) is 0 Å². The average molecular weight is 655 g/mol. The quantitative estimate of drug-likeness (QED) is 0.101. The number of aliphatic hydroxyl groups is 1. The molecule has 1 N–H and O–H groups in total. The van der Waals surface area contributed by atoms with Crippen molar-refractivity contribution >= 4 is 0 Å². The fourth-order valence-electron chi connectivity index (χ4n) is 3.61. The van der Waals surface area contributed by atoms with E-state index in [4.69, 9.17) is 52.5 Å². The molecule has 0 heterocycles. The zero-order chi connectivity index (χ0) is 34.0. The van der Waals surface area contributed by atoms with E-state index in [1.165, 1.54) is 0 Å². The van der Waals surface area contributed by atoms with Crippen LogP contribution in [0, 0.1) is 0 Å². The highest BCUT2D eigenvalue weighted by Crippen LogP contribution is 2.06. The van der Waals surface area contributed by atoms with Crippen LogP contribution in [0.4, 0.5) is 0 Å². The van der Waals surface area contributed by atoms with E-state index in [1.807, 2.05) is 69.2 Å². The average Bonchev–Trinajstić information content (AvgIpc) is 3.02. The molecule has 11 nitrogen and oxygen atoms in total. The number of hydrogen-bond donors (Lipinski definition) is 1. The Morgan fingerprint density at radius 1 is 0.333 bits per heavy atom. The fourth-order valence-corrected chi connectivity index (χ4v) is 3.61. The van der Waals surface area contributed by atoms with Gasteiger partial charge in [-0.1, -0.05) is 13.3 Å². The number of ether oxygens (including phenoxy) is 10. The molecule has 0 rings (SSSR count). The van der Waals surface area contributed by atoms with Crippen LogP contribution in [0.5, 0.6) is 0 Å². The Bertz CT molecular complexity index is 643. The smallest absolute Gasteiger partial charge is 0.0781 e. The Labute approximate surface area is 275 Å². The van der Waals surface area contributed by atoms with Crippen molar-refractivity contribution in [2.75, 3.05) is 72.7 Å². The van der Waals surface area contributed by atoms with Gasteiger partial charge < -0.3 is 52.5 Å². The van der Waals surface area contributed by atoms with Crippen LogP contribution in [0.2, 0.25) is 0 Å². The van der Waals surface area contributed by atoms with Crippen LogP contribution < -0.4 is 0 Å². The third-order valence-corrected chi connectivity index (χ3v) is 6.70. The topological polar surface area (TPSA) is 113 Å². The standard InChI is InChI=1S/C34H70O11/c1-12-13-14-36-26(3)16-38-28(5)18-40-30(7)20-42-32(9)22-44-34(11)24-45-33(10)23-43-31(8)21-41-29(6)19-39-27(4)17-37-25(2)15-35/h25-35H,12-24H2,1-11H3. The number of rotatable bonds is 32. The summed E-state index contributed by atoms with van der Waals surface area (Å²) in [4.78, 5) is 0. The van der Waals surface area contributed by atoms with Gasteiger partial charge in [0.2, 0.25) is 0 Å². The Balaban J connectivity index is 3.89. The van der Waals surface area contributed by atoms with E-state index in [2.05, 4.69) is 6.92 Å². The predicted molar refractivity (Wildman–Crippen MR) is 176 cm³/mol. The van der Waals surface area contributed by atoms with Gasteiger partial charge in [-0.2, -0.15) is 0 Å². The molecule has 272 valence electrons. The van der Waals surface area contributed by atoms with E-state index >= 15 is 0 Å². The molecule has 0 saturated carbocycles. The van der Waals surface area contributed by atoms with Crippen molar-refractivity contribution in [2.45, 2.75) is 150 Å². The van der Waals surface area contributed by atoms with E-state index in [-0.39, 0.29) is 67.6 Å². The molecule has 11 heteroatoms. The lowest BCUT2D eigenvalue weighted by Gasteiger charge is -2.23. The number of aliphatic hydroxyl groups excluding tert-OH is 1. The molecule has 10 unspecified atom stereocenters. The van der Waals surface area contributed by atoms with Crippen molar-refractivity contribution in [3.05, 3.63) is 0 Å². The molecule has 10 atom stereocenters. The fraction of sp³-hybridized carbons (Fsp3) is 1.00. The Hall–Kier alpha value is -0.440. The van der Waals surface area contributed by atoms with Gasteiger partial charge in [-0.25, -0.2) is 0 Å². The molecular formula is C34H70O11. The molecule has 0 fully saturated rings. The second-order valence-corrected chi connectivity index (χ2v) is 12.5. The van der Waals surface area contributed by atoms with Crippen LogP contribution in [0.3, 0.4) is 0 Å². The maximum atomic E-state index is 9.03. The molecule has 0 spiro atoms. The maximum Gasteiger partial charge on any atom is 0.0781 e. The van der Waals surface area contributed by atoms with Crippen LogP contribution in [0.15, 0.2) is 0 Å². The second kappa shape index (κ2) is 28.6. The SMILES string of the molecule is CCCCOC(C)COC(C)COC(C)COC(C)COC(C)COC(C)COC(C)COC(C)COC(C)COC(C)CO. The minimum atomic E-state index is -0.190. The van der Waals surface area contributed by atoms with Gasteiger partial charge in [0, 0.05) is 6.61 Å². The normalized spacial score (nSPS) is 18.9. The van der Waals surface area contributed by atoms with Gasteiger partial charge in [-0.05, 0) is 75.7 Å². The van der Waals surface area contributed by atoms with Crippen LogP contribution in [0.1, 0.15) is 89.0 Å². The number of unbranched alkanes of at least 4 members (excludes halogenated alkanes) is 1. The van der Waals surface area contributed by atoms with Crippen molar-refractivity contribution in [1.82, 2.24) is 0 Å². The maximum absolute atomic E-state index is 9.03. The molecule has 0 aromatic heterocycles. The summed E-state index contributed by atoms with van der Waals surface area (Å²) < 4.78 is 58.2. The Kier molecular flexibility index (Phi) is 28.3. The van der Waals surface area contributed by atoms with Gasteiger partial charge in [0.1, 0.15) is 0 Å². The molecule has 0 aliphatic rings. The molecule has 0 aliphatic carbocycles. The van der Waals surface area contributed by atoms with E-state index in [9.17, 15) is 0 Å². The summed E-state index contributed by atoms with van der Waals surface area (Å²) in [6.45, 7) is 27.0.